The molecule has 0 saturated carbocycles. The Hall–Kier alpha value is -0.700. The number of hydrogen-bond acceptors (Lipinski definition) is 2. The fourth-order valence-electron chi connectivity index (χ4n) is 0.268. The monoisotopic (exact) mass is 131 g/mol. The van der Waals surface area contributed by atoms with E-state index in [1.807, 2.05) is 6.20 Å². The molecule has 8 heavy (non-hydrogen) atoms. The summed E-state index contributed by atoms with van der Waals surface area (Å²) in [6.45, 7) is 0. The highest BCUT2D eigenvalue weighted by Gasteiger charge is 1.95. The second-order valence-electron chi connectivity index (χ2n) is 1.09. The first-order chi connectivity index (χ1) is 3.80. The SMILES string of the molecule is Fc1[c]ncnc1Cl. The van der Waals surface area contributed by atoms with Crippen molar-refractivity contribution in [2.75, 3.05) is 0 Å². The van der Waals surface area contributed by atoms with E-state index < -0.39 is 5.82 Å². The maximum atomic E-state index is 12.0. The average Bonchev–Trinajstić information content (AvgIpc) is 1.77. The summed E-state index contributed by atoms with van der Waals surface area (Å²) in [4.78, 5) is 6.58. The van der Waals surface area contributed by atoms with Gasteiger partial charge in [0.25, 0.3) is 0 Å². The van der Waals surface area contributed by atoms with Crippen molar-refractivity contribution >= 4 is 11.6 Å². The molecule has 1 radical (unpaired) electrons. The molecule has 1 heterocycles. The predicted octanol–water partition coefficient (Wildman–Crippen LogP) is 1.07. The molecular weight excluding hydrogens is 131 g/mol. The zero-order valence-corrected chi connectivity index (χ0v) is 4.48. The zero-order chi connectivity index (χ0) is 5.98. The first-order valence-electron chi connectivity index (χ1n) is 1.84. The number of hydrogen-bond donors (Lipinski definition) is 0. The molecule has 0 bridgehead atoms. The number of aromatic nitrogens is 2. The van der Waals surface area contributed by atoms with Crippen LogP contribution in [0.2, 0.25) is 5.15 Å². The standard InChI is InChI=1S/C4HClFN2/c5-4-3(6)1-7-2-8-4/h2H. The maximum absolute atomic E-state index is 12.0. The third-order valence-corrected chi connectivity index (χ3v) is 0.836. The first kappa shape index (κ1) is 5.44. The van der Waals surface area contributed by atoms with E-state index in [2.05, 4.69) is 9.97 Å². The molecule has 0 saturated heterocycles. The van der Waals surface area contributed by atoms with E-state index in [1.165, 1.54) is 0 Å². The lowest BCUT2D eigenvalue weighted by Gasteiger charge is -1.84. The van der Waals surface area contributed by atoms with Crippen molar-refractivity contribution in [3.05, 3.63) is 23.5 Å². The van der Waals surface area contributed by atoms with Crippen LogP contribution in [0.25, 0.3) is 0 Å². The van der Waals surface area contributed by atoms with Crippen LogP contribution in [0, 0.1) is 12.0 Å². The van der Waals surface area contributed by atoms with Crippen LogP contribution in [0.1, 0.15) is 0 Å². The minimum atomic E-state index is -0.714. The van der Waals surface area contributed by atoms with Gasteiger partial charge in [0.05, 0.1) is 0 Å². The van der Waals surface area contributed by atoms with Crippen LogP contribution < -0.4 is 0 Å². The Bertz CT molecular complexity index is 170. The van der Waals surface area contributed by atoms with Crippen LogP contribution in [-0.4, -0.2) is 9.97 Å². The maximum Gasteiger partial charge on any atom is 0.188 e. The molecule has 0 fully saturated rings. The summed E-state index contributed by atoms with van der Waals surface area (Å²) in [5.41, 5.74) is 0. The van der Waals surface area contributed by atoms with Crippen molar-refractivity contribution in [3.63, 3.8) is 0 Å². The first-order valence-corrected chi connectivity index (χ1v) is 2.22. The smallest absolute Gasteiger partial charge is 0.188 e. The predicted molar refractivity (Wildman–Crippen MR) is 25.8 cm³/mol. The summed E-state index contributed by atoms with van der Waals surface area (Å²) in [5.74, 6) is -0.714. The molecule has 1 rings (SSSR count). The summed E-state index contributed by atoms with van der Waals surface area (Å²) >= 11 is 5.15. The van der Waals surface area contributed by atoms with Gasteiger partial charge in [-0.1, -0.05) is 11.6 Å². The Morgan fingerprint density at radius 1 is 1.75 bits per heavy atom. The molecule has 0 aliphatic heterocycles. The molecule has 0 N–H and O–H groups in total. The Balaban J connectivity index is 3.13. The minimum Gasteiger partial charge on any atom is -0.231 e. The summed E-state index contributed by atoms with van der Waals surface area (Å²) in [6, 6.07) is 0. The van der Waals surface area contributed by atoms with Crippen LogP contribution in [-0.2, 0) is 0 Å². The fourth-order valence-corrected chi connectivity index (χ4v) is 0.354. The molecule has 4 heteroatoms. The molecule has 0 aliphatic carbocycles. The van der Waals surface area contributed by atoms with Crippen LogP contribution in [0.5, 0.6) is 0 Å². The Morgan fingerprint density at radius 3 is 2.88 bits per heavy atom. The lowest BCUT2D eigenvalue weighted by atomic mass is 10.6. The molecule has 1 aromatic heterocycles. The van der Waals surface area contributed by atoms with Gasteiger partial charge in [-0.25, -0.2) is 14.4 Å². The van der Waals surface area contributed by atoms with Crippen molar-refractivity contribution in [2.24, 2.45) is 0 Å². The van der Waals surface area contributed by atoms with Gasteiger partial charge in [-0.2, -0.15) is 0 Å². The van der Waals surface area contributed by atoms with Crippen molar-refractivity contribution in [1.82, 2.24) is 9.97 Å². The van der Waals surface area contributed by atoms with Gasteiger partial charge in [-0.3, -0.25) is 0 Å². The van der Waals surface area contributed by atoms with E-state index in [4.69, 9.17) is 11.6 Å². The summed E-state index contributed by atoms with van der Waals surface area (Å²) in [5, 5.41) is -0.194. The fraction of sp³-hybridized carbons (Fsp3) is 0. The molecule has 2 nitrogen and oxygen atoms in total. The van der Waals surface area contributed by atoms with Crippen molar-refractivity contribution in [1.29, 1.82) is 0 Å². The van der Waals surface area contributed by atoms with Gasteiger partial charge in [-0.05, 0) is 0 Å². The van der Waals surface area contributed by atoms with Crippen LogP contribution >= 0.6 is 11.6 Å². The van der Waals surface area contributed by atoms with Crippen molar-refractivity contribution in [3.8, 4) is 0 Å². The van der Waals surface area contributed by atoms with Crippen molar-refractivity contribution < 1.29 is 4.39 Å². The summed E-state index contributed by atoms with van der Waals surface area (Å²) in [7, 11) is 0. The van der Waals surface area contributed by atoms with Gasteiger partial charge in [0.15, 0.2) is 11.0 Å². The van der Waals surface area contributed by atoms with Gasteiger partial charge in [0.2, 0.25) is 0 Å². The molecular formula is C4HClFN2. The van der Waals surface area contributed by atoms with Gasteiger partial charge in [0.1, 0.15) is 12.5 Å². The Labute approximate surface area is 50.3 Å². The molecule has 1 aromatic rings. The number of nitrogens with zero attached hydrogens (tertiary/aromatic N) is 2. The highest BCUT2D eigenvalue weighted by Crippen LogP contribution is 2.04. The van der Waals surface area contributed by atoms with E-state index in [1.54, 1.807) is 0 Å². The average molecular weight is 132 g/mol. The van der Waals surface area contributed by atoms with E-state index in [0.717, 1.165) is 6.33 Å². The van der Waals surface area contributed by atoms with E-state index >= 15 is 0 Å². The Kier molecular flexibility index (Phi) is 1.39. The van der Waals surface area contributed by atoms with E-state index in [9.17, 15) is 4.39 Å². The van der Waals surface area contributed by atoms with Gasteiger partial charge >= 0.3 is 0 Å². The minimum absolute atomic E-state index is 0.194. The third-order valence-electron chi connectivity index (χ3n) is 0.573. The summed E-state index contributed by atoms with van der Waals surface area (Å²) in [6.07, 6.45) is 3.12. The lowest BCUT2D eigenvalue weighted by molar-refractivity contribution is 0.611. The zero-order valence-electron chi connectivity index (χ0n) is 3.73. The molecule has 0 amide bonds. The van der Waals surface area contributed by atoms with E-state index in [-0.39, 0.29) is 5.15 Å². The van der Waals surface area contributed by atoms with E-state index in [0.29, 0.717) is 0 Å². The van der Waals surface area contributed by atoms with Crippen molar-refractivity contribution in [2.45, 2.75) is 0 Å². The van der Waals surface area contributed by atoms with Gasteiger partial charge in [0, 0.05) is 0 Å². The largest absolute Gasteiger partial charge is 0.231 e. The molecule has 0 aliphatic rings. The van der Waals surface area contributed by atoms with Gasteiger partial charge < -0.3 is 0 Å². The second-order valence-corrected chi connectivity index (χ2v) is 1.45. The molecule has 0 aromatic carbocycles. The van der Waals surface area contributed by atoms with Gasteiger partial charge in [-0.15, -0.1) is 0 Å². The lowest BCUT2D eigenvalue weighted by Crippen LogP contribution is -1.82. The molecule has 0 atom stereocenters. The second kappa shape index (κ2) is 2.05. The topological polar surface area (TPSA) is 25.8 Å². The number of rotatable bonds is 0. The summed E-state index contributed by atoms with van der Waals surface area (Å²) < 4.78 is 12.0. The Morgan fingerprint density at radius 2 is 2.50 bits per heavy atom. The third kappa shape index (κ3) is 0.924. The van der Waals surface area contributed by atoms with Crippen LogP contribution in [0.4, 0.5) is 4.39 Å². The quantitative estimate of drug-likeness (QED) is 0.492. The highest BCUT2D eigenvalue weighted by atomic mass is 35.5. The highest BCUT2D eigenvalue weighted by molar-refractivity contribution is 6.29. The molecule has 41 valence electrons. The normalized spacial score (nSPS) is 9.25. The van der Waals surface area contributed by atoms with Crippen LogP contribution in [0.15, 0.2) is 6.33 Å². The number of halogens is 2. The molecule has 0 unspecified atom stereocenters. The molecule has 0 spiro atoms. The van der Waals surface area contributed by atoms with Crippen LogP contribution in [0.3, 0.4) is 0 Å².